The predicted molar refractivity (Wildman–Crippen MR) is 107 cm³/mol. The number of amides is 2. The third-order valence-electron chi connectivity index (χ3n) is 4.00. The highest BCUT2D eigenvalue weighted by Gasteiger charge is 2.33. The molecule has 9 nitrogen and oxygen atoms in total. The van der Waals surface area contributed by atoms with E-state index in [0.29, 0.717) is 33.8 Å². The number of rotatable bonds is 8. The first-order chi connectivity index (χ1) is 13.8. The Balaban J connectivity index is 2.45. The molecule has 0 radical (unpaired) electrons. The molecule has 1 aliphatic rings. The molecule has 10 heteroatoms. The van der Waals surface area contributed by atoms with Crippen LogP contribution in [0, 0.1) is 0 Å². The van der Waals surface area contributed by atoms with Gasteiger partial charge in [0.2, 0.25) is 0 Å². The Hall–Kier alpha value is -2.75. The second kappa shape index (κ2) is 10.1. The maximum Gasteiger partial charge on any atom is 0.344 e. The summed E-state index contributed by atoms with van der Waals surface area (Å²) in [5, 5.41) is 5.28. The molecule has 1 aliphatic heterocycles. The van der Waals surface area contributed by atoms with Crippen LogP contribution in [-0.4, -0.2) is 44.9 Å². The fourth-order valence-electron chi connectivity index (χ4n) is 2.80. The van der Waals surface area contributed by atoms with Gasteiger partial charge in [0, 0.05) is 10.2 Å². The van der Waals surface area contributed by atoms with Gasteiger partial charge in [0.15, 0.2) is 18.1 Å². The Kier molecular flexibility index (Phi) is 7.89. The van der Waals surface area contributed by atoms with Gasteiger partial charge in [-0.2, -0.15) is 0 Å². The minimum Gasteiger partial charge on any atom is -0.490 e. The van der Waals surface area contributed by atoms with Crippen LogP contribution < -0.4 is 20.1 Å². The lowest BCUT2D eigenvalue weighted by Crippen LogP contribution is -2.45. The van der Waals surface area contributed by atoms with Crippen molar-refractivity contribution in [3.8, 4) is 11.5 Å². The molecule has 0 aliphatic carbocycles. The number of methoxy groups -OCH3 is 1. The van der Waals surface area contributed by atoms with Crippen molar-refractivity contribution in [2.45, 2.75) is 26.8 Å². The van der Waals surface area contributed by atoms with Crippen molar-refractivity contribution in [2.75, 3.05) is 26.9 Å². The molecule has 158 valence electrons. The number of halogens is 1. The van der Waals surface area contributed by atoms with Gasteiger partial charge in [-0.3, -0.25) is 0 Å². The minimum atomic E-state index is -0.774. The monoisotopic (exact) mass is 470 g/mol. The second-order valence-corrected chi connectivity index (χ2v) is 6.76. The Morgan fingerprint density at radius 2 is 1.83 bits per heavy atom. The average Bonchev–Trinajstić information content (AvgIpc) is 2.67. The van der Waals surface area contributed by atoms with Crippen LogP contribution in [-0.2, 0) is 19.1 Å². The molecule has 0 aromatic heterocycles. The van der Waals surface area contributed by atoms with E-state index in [4.69, 9.17) is 18.9 Å². The predicted octanol–water partition coefficient (Wildman–Crippen LogP) is 2.59. The van der Waals surface area contributed by atoms with E-state index in [2.05, 4.69) is 26.6 Å². The van der Waals surface area contributed by atoms with Crippen molar-refractivity contribution >= 4 is 33.9 Å². The summed E-state index contributed by atoms with van der Waals surface area (Å²) in [6.45, 7) is 5.43. The average molecular weight is 471 g/mol. The lowest BCUT2D eigenvalue weighted by Gasteiger charge is -2.29. The summed E-state index contributed by atoms with van der Waals surface area (Å²) < 4.78 is 21.4. The normalized spacial score (nSPS) is 15.9. The molecule has 0 fully saturated rings. The molecule has 0 saturated carbocycles. The molecule has 1 aromatic carbocycles. The van der Waals surface area contributed by atoms with Crippen molar-refractivity contribution in [1.82, 2.24) is 10.6 Å². The number of carbonyl (C=O) groups excluding carboxylic acids is 3. The Labute approximate surface area is 176 Å². The van der Waals surface area contributed by atoms with E-state index in [1.165, 1.54) is 7.11 Å². The first-order valence-corrected chi connectivity index (χ1v) is 9.72. The summed E-state index contributed by atoms with van der Waals surface area (Å²) in [5.74, 6) is -0.416. The molecule has 0 saturated heterocycles. The molecule has 29 heavy (non-hydrogen) atoms. The number of allylic oxidation sites excluding steroid dienone is 1. The summed E-state index contributed by atoms with van der Waals surface area (Å²) in [7, 11) is 1.27. The number of urea groups is 1. The standard InChI is InChI=1S/C19H23BrN2O7/c1-5-27-13-7-11(12(20)8-14(13)29-9-15(23)28-6-2)17-16(18(24)26-4)10(3)21-19(25)22-17/h7-8,17H,5-6,9H2,1-4H3,(H2,21,22,25). The maximum absolute atomic E-state index is 12.3. The lowest BCUT2D eigenvalue weighted by atomic mass is 9.95. The zero-order chi connectivity index (χ0) is 21.6. The van der Waals surface area contributed by atoms with E-state index < -0.39 is 24.0 Å². The summed E-state index contributed by atoms with van der Waals surface area (Å²) >= 11 is 3.45. The third-order valence-corrected chi connectivity index (χ3v) is 4.69. The summed E-state index contributed by atoms with van der Waals surface area (Å²) in [6, 6.07) is 2.02. The fraction of sp³-hybridized carbons (Fsp3) is 0.421. The number of benzene rings is 1. The van der Waals surface area contributed by atoms with E-state index in [9.17, 15) is 14.4 Å². The quantitative estimate of drug-likeness (QED) is 0.561. The topological polar surface area (TPSA) is 112 Å². The van der Waals surface area contributed by atoms with Gasteiger partial charge in [-0.1, -0.05) is 15.9 Å². The molecule has 0 bridgehead atoms. The molecule has 0 spiro atoms. The summed E-state index contributed by atoms with van der Waals surface area (Å²) in [5.41, 5.74) is 1.21. The van der Waals surface area contributed by atoms with Crippen LogP contribution in [0.25, 0.3) is 0 Å². The Morgan fingerprint density at radius 3 is 2.45 bits per heavy atom. The van der Waals surface area contributed by atoms with Crippen LogP contribution in [0.2, 0.25) is 0 Å². The minimum absolute atomic E-state index is 0.251. The van der Waals surface area contributed by atoms with Crippen molar-refractivity contribution in [1.29, 1.82) is 0 Å². The molecule has 1 aromatic rings. The zero-order valence-electron chi connectivity index (χ0n) is 16.6. The molecule has 1 atom stereocenters. The van der Waals surface area contributed by atoms with Crippen LogP contribution >= 0.6 is 15.9 Å². The number of hydrogen-bond donors (Lipinski definition) is 2. The first-order valence-electron chi connectivity index (χ1n) is 8.93. The zero-order valence-corrected chi connectivity index (χ0v) is 18.2. The summed E-state index contributed by atoms with van der Waals surface area (Å²) in [6.07, 6.45) is 0. The largest absolute Gasteiger partial charge is 0.490 e. The molecule has 2 rings (SSSR count). The Morgan fingerprint density at radius 1 is 1.14 bits per heavy atom. The number of nitrogens with one attached hydrogen (secondary N) is 2. The SMILES string of the molecule is CCOC(=O)COc1cc(Br)c(C2NC(=O)NC(C)=C2C(=O)OC)cc1OCC. The highest BCUT2D eigenvalue weighted by molar-refractivity contribution is 9.10. The number of esters is 2. The van der Waals surface area contributed by atoms with Crippen LogP contribution in [0.5, 0.6) is 11.5 Å². The van der Waals surface area contributed by atoms with Crippen molar-refractivity contribution in [2.24, 2.45) is 0 Å². The van der Waals surface area contributed by atoms with Crippen molar-refractivity contribution in [3.63, 3.8) is 0 Å². The second-order valence-electron chi connectivity index (χ2n) is 5.91. The molecule has 2 amide bonds. The van der Waals surface area contributed by atoms with Crippen molar-refractivity contribution in [3.05, 3.63) is 33.4 Å². The van der Waals surface area contributed by atoms with Crippen LogP contribution in [0.1, 0.15) is 32.4 Å². The van der Waals surface area contributed by atoms with E-state index in [1.54, 1.807) is 32.9 Å². The smallest absolute Gasteiger partial charge is 0.344 e. The molecular weight excluding hydrogens is 448 g/mol. The van der Waals surface area contributed by atoms with Crippen LogP contribution in [0.3, 0.4) is 0 Å². The molecule has 2 N–H and O–H groups in total. The summed E-state index contributed by atoms with van der Waals surface area (Å²) in [4.78, 5) is 35.9. The van der Waals surface area contributed by atoms with Gasteiger partial charge in [0.05, 0.1) is 31.9 Å². The fourth-order valence-corrected chi connectivity index (χ4v) is 3.35. The highest BCUT2D eigenvalue weighted by Crippen LogP contribution is 2.39. The van der Waals surface area contributed by atoms with Gasteiger partial charge in [0.25, 0.3) is 0 Å². The van der Waals surface area contributed by atoms with Crippen molar-refractivity contribution < 1.29 is 33.3 Å². The van der Waals surface area contributed by atoms with Crippen LogP contribution in [0.15, 0.2) is 27.9 Å². The van der Waals surface area contributed by atoms with Gasteiger partial charge in [0.1, 0.15) is 0 Å². The van der Waals surface area contributed by atoms with Gasteiger partial charge in [-0.05, 0) is 38.5 Å². The number of carbonyl (C=O) groups is 3. The van der Waals surface area contributed by atoms with E-state index in [0.717, 1.165) is 0 Å². The molecule has 1 heterocycles. The van der Waals surface area contributed by atoms with E-state index in [-0.39, 0.29) is 18.8 Å². The molecule has 1 unspecified atom stereocenters. The van der Waals surface area contributed by atoms with E-state index >= 15 is 0 Å². The highest BCUT2D eigenvalue weighted by atomic mass is 79.9. The van der Waals surface area contributed by atoms with Gasteiger partial charge in [-0.25, -0.2) is 14.4 Å². The Bertz CT molecular complexity index is 838. The maximum atomic E-state index is 12.3. The van der Waals surface area contributed by atoms with Gasteiger partial charge < -0.3 is 29.6 Å². The third kappa shape index (κ3) is 5.41. The number of hydrogen-bond acceptors (Lipinski definition) is 7. The van der Waals surface area contributed by atoms with Gasteiger partial charge in [-0.15, -0.1) is 0 Å². The van der Waals surface area contributed by atoms with Gasteiger partial charge >= 0.3 is 18.0 Å². The number of ether oxygens (including phenoxy) is 4. The van der Waals surface area contributed by atoms with Crippen LogP contribution in [0.4, 0.5) is 4.79 Å². The molecular formula is C19H23BrN2O7. The lowest BCUT2D eigenvalue weighted by molar-refractivity contribution is -0.145. The van der Waals surface area contributed by atoms with E-state index in [1.807, 2.05) is 0 Å². The first kappa shape index (κ1) is 22.5.